The number of amides is 1. The highest BCUT2D eigenvalue weighted by Gasteiger charge is 2.18. The highest BCUT2D eigenvalue weighted by atomic mass is 35.5. The summed E-state index contributed by atoms with van der Waals surface area (Å²) in [6.45, 7) is 1.82. The van der Waals surface area contributed by atoms with Gasteiger partial charge in [0.2, 0.25) is 0 Å². The number of hydrogen-bond acceptors (Lipinski definition) is 4. The van der Waals surface area contributed by atoms with Crippen LogP contribution in [0, 0.1) is 0 Å². The number of nitrogens with one attached hydrogen (secondary N) is 2. The molecule has 106 valence electrons. The van der Waals surface area contributed by atoms with Gasteiger partial charge in [-0.25, -0.2) is 0 Å². The van der Waals surface area contributed by atoms with Gasteiger partial charge in [-0.05, 0) is 44.1 Å². The third kappa shape index (κ3) is 4.01. The van der Waals surface area contributed by atoms with E-state index in [1.807, 2.05) is 0 Å². The number of phenols is 1. The fourth-order valence-corrected chi connectivity index (χ4v) is 2.05. The topological polar surface area (TPSA) is 70.6 Å². The molecule has 0 spiro atoms. The molecule has 0 radical (unpaired) electrons. The standard InChI is InChI=1S/C13H18N2O3.ClH/c1-18-10-2-3-12(16)11(8-10)13(17)15-9-4-6-14-7-5-9;/h2-3,8-9,14,16H,4-7H2,1H3,(H,15,17);1H. The Bertz CT molecular complexity index is 434. The lowest BCUT2D eigenvalue weighted by atomic mass is 10.1. The molecule has 1 aliphatic heterocycles. The van der Waals surface area contributed by atoms with E-state index in [2.05, 4.69) is 10.6 Å². The monoisotopic (exact) mass is 286 g/mol. The number of methoxy groups -OCH3 is 1. The molecule has 1 saturated heterocycles. The molecule has 0 bridgehead atoms. The van der Waals surface area contributed by atoms with E-state index in [1.165, 1.54) is 13.2 Å². The van der Waals surface area contributed by atoms with Crippen LogP contribution in [0.3, 0.4) is 0 Å². The van der Waals surface area contributed by atoms with E-state index in [1.54, 1.807) is 12.1 Å². The van der Waals surface area contributed by atoms with Gasteiger partial charge in [0.25, 0.3) is 5.91 Å². The molecule has 2 rings (SSSR count). The number of hydrogen-bond donors (Lipinski definition) is 3. The van der Waals surface area contributed by atoms with Crippen LogP contribution in [0.4, 0.5) is 0 Å². The van der Waals surface area contributed by atoms with Crippen LogP contribution in [0.5, 0.6) is 11.5 Å². The summed E-state index contributed by atoms with van der Waals surface area (Å²) in [6.07, 6.45) is 1.83. The number of piperidine rings is 1. The van der Waals surface area contributed by atoms with Crippen LogP contribution in [0.15, 0.2) is 18.2 Å². The number of rotatable bonds is 3. The fraction of sp³-hybridized carbons (Fsp3) is 0.462. The molecule has 1 amide bonds. The Kier molecular flexibility index (Phi) is 5.92. The summed E-state index contributed by atoms with van der Waals surface area (Å²) in [7, 11) is 1.53. The summed E-state index contributed by atoms with van der Waals surface area (Å²) in [6, 6.07) is 4.81. The Balaban J connectivity index is 0.00000180. The number of halogens is 1. The first-order valence-corrected chi connectivity index (χ1v) is 6.09. The summed E-state index contributed by atoms with van der Waals surface area (Å²) in [5.41, 5.74) is 0.257. The van der Waals surface area contributed by atoms with E-state index in [-0.39, 0.29) is 35.7 Å². The van der Waals surface area contributed by atoms with Crippen molar-refractivity contribution >= 4 is 18.3 Å². The second kappa shape index (κ2) is 7.21. The molecule has 1 aromatic carbocycles. The minimum atomic E-state index is -0.252. The molecule has 3 N–H and O–H groups in total. The molecule has 0 aliphatic carbocycles. The smallest absolute Gasteiger partial charge is 0.255 e. The quantitative estimate of drug-likeness (QED) is 0.783. The van der Waals surface area contributed by atoms with Crippen molar-refractivity contribution in [1.82, 2.24) is 10.6 Å². The van der Waals surface area contributed by atoms with Crippen LogP contribution in [-0.2, 0) is 0 Å². The molecule has 0 saturated carbocycles. The minimum Gasteiger partial charge on any atom is -0.507 e. The van der Waals surface area contributed by atoms with Crippen molar-refractivity contribution in [3.8, 4) is 11.5 Å². The van der Waals surface area contributed by atoms with Crippen molar-refractivity contribution in [3.05, 3.63) is 23.8 Å². The highest BCUT2D eigenvalue weighted by molar-refractivity contribution is 5.97. The van der Waals surface area contributed by atoms with Gasteiger partial charge in [-0.1, -0.05) is 0 Å². The molecule has 1 heterocycles. The van der Waals surface area contributed by atoms with E-state index in [4.69, 9.17) is 4.74 Å². The van der Waals surface area contributed by atoms with Crippen molar-refractivity contribution in [1.29, 1.82) is 0 Å². The number of aromatic hydroxyl groups is 1. The summed E-state index contributed by atoms with van der Waals surface area (Å²) in [5.74, 6) is 0.281. The average Bonchev–Trinajstić information content (AvgIpc) is 2.40. The van der Waals surface area contributed by atoms with Gasteiger partial charge in [-0.15, -0.1) is 12.4 Å². The zero-order valence-electron chi connectivity index (χ0n) is 10.8. The Hall–Kier alpha value is -1.46. The third-order valence-electron chi connectivity index (χ3n) is 3.12. The Morgan fingerprint density at radius 3 is 2.74 bits per heavy atom. The van der Waals surface area contributed by atoms with Gasteiger partial charge in [0, 0.05) is 6.04 Å². The number of phenolic OH excluding ortho intramolecular Hbond substituents is 1. The number of benzene rings is 1. The van der Waals surface area contributed by atoms with E-state index in [9.17, 15) is 9.90 Å². The molecule has 6 heteroatoms. The number of carbonyl (C=O) groups excluding carboxylic acids is 1. The van der Waals surface area contributed by atoms with Crippen molar-refractivity contribution in [2.24, 2.45) is 0 Å². The van der Waals surface area contributed by atoms with Gasteiger partial charge < -0.3 is 20.5 Å². The lowest BCUT2D eigenvalue weighted by Crippen LogP contribution is -2.42. The molecule has 19 heavy (non-hydrogen) atoms. The molecule has 1 aliphatic rings. The van der Waals surface area contributed by atoms with Crippen molar-refractivity contribution in [2.45, 2.75) is 18.9 Å². The first-order valence-electron chi connectivity index (χ1n) is 6.09. The first-order chi connectivity index (χ1) is 8.70. The third-order valence-corrected chi connectivity index (χ3v) is 3.12. The second-order valence-electron chi connectivity index (χ2n) is 4.38. The Morgan fingerprint density at radius 2 is 2.11 bits per heavy atom. The Labute approximate surface area is 118 Å². The normalized spacial score (nSPS) is 15.4. The zero-order valence-corrected chi connectivity index (χ0v) is 11.6. The summed E-state index contributed by atoms with van der Waals surface area (Å²) in [5, 5.41) is 15.9. The van der Waals surface area contributed by atoms with Gasteiger partial charge in [0.15, 0.2) is 0 Å². The molecular formula is C13H19ClN2O3. The van der Waals surface area contributed by atoms with Crippen LogP contribution in [0.2, 0.25) is 0 Å². The maximum Gasteiger partial charge on any atom is 0.255 e. The number of carbonyl (C=O) groups is 1. The van der Waals surface area contributed by atoms with E-state index >= 15 is 0 Å². The van der Waals surface area contributed by atoms with Crippen LogP contribution in [0.1, 0.15) is 23.2 Å². The van der Waals surface area contributed by atoms with Gasteiger partial charge in [-0.2, -0.15) is 0 Å². The number of ether oxygens (including phenoxy) is 1. The van der Waals surface area contributed by atoms with Crippen LogP contribution in [0.25, 0.3) is 0 Å². The lowest BCUT2D eigenvalue weighted by molar-refractivity contribution is 0.0926. The van der Waals surface area contributed by atoms with Gasteiger partial charge in [0.05, 0.1) is 12.7 Å². The zero-order chi connectivity index (χ0) is 13.0. The van der Waals surface area contributed by atoms with Crippen molar-refractivity contribution in [2.75, 3.05) is 20.2 Å². The largest absolute Gasteiger partial charge is 0.507 e. The predicted octanol–water partition coefficient (Wildman–Crippen LogP) is 1.30. The van der Waals surface area contributed by atoms with Crippen LogP contribution >= 0.6 is 12.4 Å². The summed E-state index contributed by atoms with van der Waals surface area (Å²) >= 11 is 0. The van der Waals surface area contributed by atoms with Crippen LogP contribution < -0.4 is 15.4 Å². The van der Waals surface area contributed by atoms with E-state index < -0.39 is 0 Å². The highest BCUT2D eigenvalue weighted by Crippen LogP contribution is 2.23. The summed E-state index contributed by atoms with van der Waals surface area (Å²) in [4.78, 5) is 12.1. The van der Waals surface area contributed by atoms with Gasteiger partial charge in [0.1, 0.15) is 11.5 Å². The van der Waals surface area contributed by atoms with E-state index in [0.717, 1.165) is 25.9 Å². The molecule has 1 aromatic rings. The molecule has 1 fully saturated rings. The molecular weight excluding hydrogens is 268 g/mol. The minimum absolute atomic E-state index is 0. The van der Waals surface area contributed by atoms with Gasteiger partial charge >= 0.3 is 0 Å². The Morgan fingerprint density at radius 1 is 1.42 bits per heavy atom. The average molecular weight is 287 g/mol. The fourth-order valence-electron chi connectivity index (χ4n) is 2.05. The predicted molar refractivity (Wildman–Crippen MR) is 75.3 cm³/mol. The van der Waals surface area contributed by atoms with E-state index in [0.29, 0.717) is 5.75 Å². The molecule has 0 atom stereocenters. The van der Waals surface area contributed by atoms with Gasteiger partial charge in [-0.3, -0.25) is 4.79 Å². The maximum absolute atomic E-state index is 12.1. The lowest BCUT2D eigenvalue weighted by Gasteiger charge is -2.23. The first kappa shape index (κ1) is 15.6. The SMILES string of the molecule is COc1ccc(O)c(C(=O)NC2CCNCC2)c1.Cl. The summed E-state index contributed by atoms with van der Waals surface area (Å²) < 4.78 is 5.05. The second-order valence-corrected chi connectivity index (χ2v) is 4.38. The molecule has 5 nitrogen and oxygen atoms in total. The maximum atomic E-state index is 12.1. The molecule has 0 unspecified atom stereocenters. The molecule has 0 aromatic heterocycles. The van der Waals surface area contributed by atoms with Crippen LogP contribution in [-0.4, -0.2) is 37.3 Å². The van der Waals surface area contributed by atoms with Crippen molar-refractivity contribution < 1.29 is 14.6 Å². The van der Waals surface area contributed by atoms with Crippen molar-refractivity contribution in [3.63, 3.8) is 0 Å².